The predicted molar refractivity (Wildman–Crippen MR) is 67.4 cm³/mol. The average Bonchev–Trinajstić information content (AvgIpc) is 2.91. The minimum atomic E-state index is -0.257. The van der Waals surface area contributed by atoms with Crippen molar-refractivity contribution in [3.63, 3.8) is 0 Å². The van der Waals surface area contributed by atoms with Gasteiger partial charge in [-0.2, -0.15) is 0 Å². The van der Waals surface area contributed by atoms with Crippen molar-refractivity contribution >= 4 is 0 Å². The Morgan fingerprint density at radius 3 is 2.88 bits per heavy atom. The summed E-state index contributed by atoms with van der Waals surface area (Å²) in [6, 6.07) is 3.32. The van der Waals surface area contributed by atoms with Gasteiger partial charge < -0.3 is 5.32 Å². The van der Waals surface area contributed by atoms with Gasteiger partial charge in [-0.15, -0.1) is 0 Å². The number of halogens is 1. The zero-order chi connectivity index (χ0) is 12.5. The Balaban J connectivity index is 1.88. The van der Waals surface area contributed by atoms with E-state index in [1.165, 1.54) is 12.3 Å². The molecule has 0 saturated heterocycles. The lowest BCUT2D eigenvalue weighted by Crippen LogP contribution is -2.24. The van der Waals surface area contributed by atoms with Crippen LogP contribution in [-0.2, 0) is 5.41 Å². The number of pyridine rings is 1. The van der Waals surface area contributed by atoms with Crippen molar-refractivity contribution < 1.29 is 4.39 Å². The van der Waals surface area contributed by atoms with Gasteiger partial charge in [0.1, 0.15) is 5.82 Å². The maximum Gasteiger partial charge on any atom is 0.141 e. The molecule has 0 aromatic carbocycles. The van der Waals surface area contributed by atoms with Crippen LogP contribution in [0, 0.1) is 17.7 Å². The molecule has 1 heterocycles. The maximum absolute atomic E-state index is 12.8. The van der Waals surface area contributed by atoms with Crippen LogP contribution in [0.15, 0.2) is 18.3 Å². The highest BCUT2D eigenvalue weighted by molar-refractivity contribution is 5.26. The van der Waals surface area contributed by atoms with Gasteiger partial charge in [0.05, 0.1) is 6.20 Å². The molecule has 0 radical (unpaired) electrons. The highest BCUT2D eigenvalue weighted by atomic mass is 19.1. The van der Waals surface area contributed by atoms with E-state index in [0.717, 1.165) is 25.2 Å². The van der Waals surface area contributed by atoms with E-state index >= 15 is 0 Å². The Labute approximate surface area is 103 Å². The van der Waals surface area contributed by atoms with E-state index in [2.05, 4.69) is 31.1 Å². The minimum Gasteiger partial charge on any atom is -0.316 e. The zero-order valence-corrected chi connectivity index (χ0v) is 10.8. The van der Waals surface area contributed by atoms with Gasteiger partial charge in [-0.3, -0.25) is 4.98 Å². The molecule has 1 aromatic rings. The van der Waals surface area contributed by atoms with Crippen LogP contribution in [0.5, 0.6) is 0 Å². The Morgan fingerprint density at radius 2 is 2.29 bits per heavy atom. The maximum atomic E-state index is 12.8. The molecule has 1 aromatic heterocycles. The van der Waals surface area contributed by atoms with Gasteiger partial charge in [0.2, 0.25) is 0 Å². The van der Waals surface area contributed by atoms with E-state index in [9.17, 15) is 4.39 Å². The van der Waals surface area contributed by atoms with Crippen molar-refractivity contribution in [2.45, 2.75) is 32.6 Å². The summed E-state index contributed by atoms with van der Waals surface area (Å²) in [7, 11) is 0. The molecule has 1 aliphatic carbocycles. The fourth-order valence-electron chi connectivity index (χ4n) is 2.32. The van der Waals surface area contributed by atoms with Gasteiger partial charge in [0.25, 0.3) is 0 Å². The topological polar surface area (TPSA) is 24.9 Å². The molecule has 1 N–H and O–H groups in total. The van der Waals surface area contributed by atoms with Crippen molar-refractivity contribution in [2.24, 2.45) is 11.8 Å². The number of nitrogens with zero attached hydrogens (tertiary/aromatic N) is 1. The lowest BCUT2D eigenvalue weighted by Gasteiger charge is -2.12. The van der Waals surface area contributed by atoms with Gasteiger partial charge in [-0.05, 0) is 43.5 Å². The predicted octanol–water partition coefficient (Wildman–Crippen LogP) is 2.74. The molecule has 17 heavy (non-hydrogen) atoms. The molecular weight excluding hydrogens is 215 g/mol. The second kappa shape index (κ2) is 4.73. The third-order valence-corrected chi connectivity index (χ3v) is 3.67. The first-order chi connectivity index (χ1) is 8.02. The van der Waals surface area contributed by atoms with Crippen LogP contribution < -0.4 is 5.32 Å². The van der Waals surface area contributed by atoms with Crippen molar-refractivity contribution in [3.05, 3.63) is 29.8 Å². The minimum absolute atomic E-state index is 0.150. The summed E-state index contributed by atoms with van der Waals surface area (Å²) in [5, 5.41) is 3.48. The Hall–Kier alpha value is -0.960. The normalized spacial score (nSPS) is 27.5. The average molecular weight is 236 g/mol. The van der Waals surface area contributed by atoms with Gasteiger partial charge in [-0.25, -0.2) is 4.39 Å². The van der Waals surface area contributed by atoms with E-state index in [1.54, 1.807) is 0 Å². The van der Waals surface area contributed by atoms with Gasteiger partial charge >= 0.3 is 0 Å². The monoisotopic (exact) mass is 236 g/mol. The van der Waals surface area contributed by atoms with Crippen LogP contribution in [0.25, 0.3) is 0 Å². The van der Waals surface area contributed by atoms with Crippen LogP contribution in [-0.4, -0.2) is 18.1 Å². The van der Waals surface area contributed by atoms with E-state index in [4.69, 9.17) is 0 Å². The zero-order valence-electron chi connectivity index (χ0n) is 10.8. The number of hydrogen-bond donors (Lipinski definition) is 1. The van der Waals surface area contributed by atoms with E-state index in [0.29, 0.717) is 11.8 Å². The van der Waals surface area contributed by atoms with Crippen molar-refractivity contribution in [1.29, 1.82) is 0 Å². The first-order valence-electron chi connectivity index (χ1n) is 6.35. The number of aromatic nitrogens is 1. The van der Waals surface area contributed by atoms with Crippen LogP contribution in [0.3, 0.4) is 0 Å². The summed E-state index contributed by atoms with van der Waals surface area (Å²) < 4.78 is 12.8. The summed E-state index contributed by atoms with van der Waals surface area (Å²) in [6.07, 6.45) is 2.47. The lowest BCUT2D eigenvalue weighted by atomic mass is 10.0. The van der Waals surface area contributed by atoms with Crippen LogP contribution in [0.2, 0.25) is 0 Å². The van der Waals surface area contributed by atoms with Gasteiger partial charge in [0, 0.05) is 11.1 Å². The standard InChI is InChI=1S/C14H21FN2/c1-10(2)7-16-8-11-6-14(11,3)13-5-4-12(15)9-17-13/h4-5,9-11,16H,6-8H2,1-3H3. The fraction of sp³-hybridized carbons (Fsp3) is 0.643. The molecule has 2 nitrogen and oxygen atoms in total. The molecule has 1 aliphatic rings. The van der Waals surface area contributed by atoms with Crippen molar-refractivity contribution in [1.82, 2.24) is 10.3 Å². The first-order valence-corrected chi connectivity index (χ1v) is 6.35. The van der Waals surface area contributed by atoms with Crippen molar-refractivity contribution in [3.8, 4) is 0 Å². The SMILES string of the molecule is CC(C)CNCC1CC1(C)c1ccc(F)cn1. The molecule has 0 aliphatic heterocycles. The molecule has 94 valence electrons. The molecule has 0 amide bonds. The molecule has 1 fully saturated rings. The molecule has 2 atom stereocenters. The van der Waals surface area contributed by atoms with E-state index in [-0.39, 0.29) is 11.2 Å². The summed E-state index contributed by atoms with van der Waals surface area (Å²) in [5.41, 5.74) is 1.17. The van der Waals surface area contributed by atoms with Gasteiger partial charge in [-0.1, -0.05) is 20.8 Å². The Morgan fingerprint density at radius 1 is 1.53 bits per heavy atom. The van der Waals surface area contributed by atoms with Crippen LogP contribution in [0.1, 0.15) is 32.9 Å². The summed E-state index contributed by atoms with van der Waals surface area (Å²) in [4.78, 5) is 4.20. The molecule has 0 bridgehead atoms. The molecular formula is C14H21FN2. The second-order valence-corrected chi connectivity index (χ2v) is 5.73. The first kappa shape index (κ1) is 12.5. The van der Waals surface area contributed by atoms with Crippen molar-refractivity contribution in [2.75, 3.05) is 13.1 Å². The second-order valence-electron chi connectivity index (χ2n) is 5.73. The lowest BCUT2D eigenvalue weighted by molar-refractivity contribution is 0.511. The van der Waals surface area contributed by atoms with Gasteiger partial charge in [0.15, 0.2) is 0 Å². The van der Waals surface area contributed by atoms with E-state index in [1.807, 2.05) is 6.07 Å². The summed E-state index contributed by atoms with van der Waals surface area (Å²) in [5.74, 6) is 1.07. The van der Waals surface area contributed by atoms with Crippen LogP contribution >= 0.6 is 0 Å². The summed E-state index contributed by atoms with van der Waals surface area (Å²) >= 11 is 0. The quantitative estimate of drug-likeness (QED) is 0.850. The van der Waals surface area contributed by atoms with Crippen LogP contribution in [0.4, 0.5) is 4.39 Å². The molecule has 2 unspecified atom stereocenters. The third kappa shape index (κ3) is 2.83. The highest BCUT2D eigenvalue weighted by Crippen LogP contribution is 2.52. The number of hydrogen-bond acceptors (Lipinski definition) is 2. The Bertz CT molecular complexity index is 374. The molecule has 0 spiro atoms. The number of rotatable bonds is 5. The largest absolute Gasteiger partial charge is 0.316 e. The molecule has 2 rings (SSSR count). The molecule has 3 heteroatoms. The highest BCUT2D eigenvalue weighted by Gasteiger charge is 2.51. The third-order valence-electron chi connectivity index (χ3n) is 3.67. The fourth-order valence-corrected chi connectivity index (χ4v) is 2.32. The molecule has 1 saturated carbocycles. The Kier molecular flexibility index (Phi) is 3.48. The summed E-state index contributed by atoms with van der Waals surface area (Å²) in [6.45, 7) is 8.73. The smallest absolute Gasteiger partial charge is 0.141 e. The van der Waals surface area contributed by atoms with E-state index < -0.39 is 0 Å². The number of nitrogens with one attached hydrogen (secondary N) is 1.